The molecule has 0 aliphatic carbocycles. The molecule has 0 spiro atoms. The highest BCUT2D eigenvalue weighted by molar-refractivity contribution is 5.83. The zero-order valence-corrected chi connectivity index (χ0v) is 8.01. The lowest BCUT2D eigenvalue weighted by atomic mass is 10.1. The summed E-state index contributed by atoms with van der Waals surface area (Å²) in [6.45, 7) is 1.49. The van der Waals surface area contributed by atoms with Gasteiger partial charge in [-0.05, 0) is 19.4 Å². The van der Waals surface area contributed by atoms with Gasteiger partial charge in [-0.1, -0.05) is 0 Å². The van der Waals surface area contributed by atoms with Crippen LogP contribution in [0.25, 0.3) is 0 Å². The standard InChI is InChI=1S/C9H15N3O2/c13-8-2-1-6(12-8)5-11-9(14)7-3-4-10-7/h6-7,10H,1-5H2,(H,11,14)(H,12,13)/t6?,7-/m1/s1. The van der Waals surface area contributed by atoms with Gasteiger partial charge in [-0.3, -0.25) is 9.59 Å². The highest BCUT2D eigenvalue weighted by Crippen LogP contribution is 2.06. The number of carbonyl (C=O) groups excluding carboxylic acids is 2. The van der Waals surface area contributed by atoms with Gasteiger partial charge in [0.25, 0.3) is 0 Å². The first-order valence-corrected chi connectivity index (χ1v) is 5.06. The molecule has 2 amide bonds. The Kier molecular flexibility index (Phi) is 2.67. The van der Waals surface area contributed by atoms with Crippen molar-refractivity contribution in [2.24, 2.45) is 0 Å². The number of hydrogen-bond acceptors (Lipinski definition) is 3. The zero-order valence-electron chi connectivity index (χ0n) is 8.01. The van der Waals surface area contributed by atoms with Gasteiger partial charge in [0, 0.05) is 19.0 Å². The molecule has 0 saturated carbocycles. The van der Waals surface area contributed by atoms with E-state index < -0.39 is 0 Å². The molecule has 0 aromatic rings. The van der Waals surface area contributed by atoms with Crippen LogP contribution >= 0.6 is 0 Å². The summed E-state index contributed by atoms with van der Waals surface area (Å²) >= 11 is 0. The molecule has 2 aliphatic heterocycles. The third kappa shape index (κ3) is 2.04. The van der Waals surface area contributed by atoms with Crippen molar-refractivity contribution in [2.45, 2.75) is 31.3 Å². The van der Waals surface area contributed by atoms with Crippen LogP contribution in [0.1, 0.15) is 19.3 Å². The molecule has 3 N–H and O–H groups in total. The highest BCUT2D eigenvalue weighted by Gasteiger charge is 2.26. The maximum absolute atomic E-state index is 11.4. The second kappa shape index (κ2) is 3.96. The van der Waals surface area contributed by atoms with E-state index in [1.165, 1.54) is 0 Å². The first kappa shape index (κ1) is 9.45. The van der Waals surface area contributed by atoms with Crippen molar-refractivity contribution in [3.05, 3.63) is 0 Å². The molecular weight excluding hydrogens is 182 g/mol. The van der Waals surface area contributed by atoms with E-state index in [0.29, 0.717) is 13.0 Å². The molecule has 2 heterocycles. The van der Waals surface area contributed by atoms with E-state index in [4.69, 9.17) is 0 Å². The van der Waals surface area contributed by atoms with Crippen LogP contribution in [0.5, 0.6) is 0 Å². The van der Waals surface area contributed by atoms with Gasteiger partial charge in [-0.2, -0.15) is 0 Å². The van der Waals surface area contributed by atoms with Crippen LogP contribution in [-0.4, -0.2) is 37.0 Å². The van der Waals surface area contributed by atoms with Crippen LogP contribution in [0.2, 0.25) is 0 Å². The molecular formula is C9H15N3O2. The Balaban J connectivity index is 1.66. The topological polar surface area (TPSA) is 70.2 Å². The molecule has 2 fully saturated rings. The summed E-state index contributed by atoms with van der Waals surface area (Å²) in [5.41, 5.74) is 0. The maximum atomic E-state index is 11.4. The van der Waals surface area contributed by atoms with Crippen molar-refractivity contribution in [2.75, 3.05) is 13.1 Å². The van der Waals surface area contributed by atoms with E-state index in [0.717, 1.165) is 19.4 Å². The number of nitrogens with one attached hydrogen (secondary N) is 3. The monoisotopic (exact) mass is 197 g/mol. The highest BCUT2D eigenvalue weighted by atomic mass is 16.2. The summed E-state index contributed by atoms with van der Waals surface area (Å²) in [5, 5.41) is 8.67. The summed E-state index contributed by atoms with van der Waals surface area (Å²) in [7, 11) is 0. The fraction of sp³-hybridized carbons (Fsp3) is 0.778. The zero-order chi connectivity index (χ0) is 9.97. The van der Waals surface area contributed by atoms with Crippen LogP contribution < -0.4 is 16.0 Å². The van der Waals surface area contributed by atoms with Crippen molar-refractivity contribution < 1.29 is 9.59 Å². The Morgan fingerprint density at radius 2 is 2.29 bits per heavy atom. The molecule has 1 unspecified atom stereocenters. The molecule has 78 valence electrons. The lowest BCUT2D eigenvalue weighted by molar-refractivity contribution is -0.125. The molecule has 0 aromatic heterocycles. The van der Waals surface area contributed by atoms with Gasteiger partial charge >= 0.3 is 0 Å². The van der Waals surface area contributed by atoms with Crippen molar-refractivity contribution in [1.29, 1.82) is 0 Å². The number of hydrogen-bond donors (Lipinski definition) is 3. The van der Waals surface area contributed by atoms with Crippen molar-refractivity contribution >= 4 is 11.8 Å². The molecule has 0 aromatic carbocycles. The van der Waals surface area contributed by atoms with E-state index in [1.54, 1.807) is 0 Å². The molecule has 14 heavy (non-hydrogen) atoms. The minimum Gasteiger partial charge on any atom is -0.353 e. The van der Waals surface area contributed by atoms with Gasteiger partial charge in [0.1, 0.15) is 0 Å². The van der Waals surface area contributed by atoms with E-state index >= 15 is 0 Å². The van der Waals surface area contributed by atoms with E-state index in [1.807, 2.05) is 0 Å². The smallest absolute Gasteiger partial charge is 0.237 e. The Morgan fingerprint density at radius 1 is 1.50 bits per heavy atom. The third-order valence-electron chi connectivity index (χ3n) is 2.75. The van der Waals surface area contributed by atoms with E-state index in [2.05, 4.69) is 16.0 Å². The third-order valence-corrected chi connectivity index (χ3v) is 2.75. The first-order valence-electron chi connectivity index (χ1n) is 5.06. The van der Waals surface area contributed by atoms with Crippen LogP contribution in [-0.2, 0) is 9.59 Å². The second-order valence-electron chi connectivity index (χ2n) is 3.84. The molecule has 5 heteroatoms. The Hall–Kier alpha value is -1.10. The van der Waals surface area contributed by atoms with Crippen LogP contribution in [0.4, 0.5) is 0 Å². The molecule has 5 nitrogen and oxygen atoms in total. The second-order valence-corrected chi connectivity index (χ2v) is 3.84. The van der Waals surface area contributed by atoms with Gasteiger partial charge in [-0.25, -0.2) is 0 Å². The minimum atomic E-state index is -0.00731. The van der Waals surface area contributed by atoms with Crippen LogP contribution in [0.15, 0.2) is 0 Å². The predicted molar refractivity (Wildman–Crippen MR) is 50.6 cm³/mol. The van der Waals surface area contributed by atoms with Crippen molar-refractivity contribution in [3.8, 4) is 0 Å². The number of amides is 2. The normalized spacial score (nSPS) is 30.7. The van der Waals surface area contributed by atoms with Gasteiger partial charge in [0.2, 0.25) is 11.8 Å². The Labute approximate surface area is 82.6 Å². The molecule has 2 rings (SSSR count). The largest absolute Gasteiger partial charge is 0.353 e. The number of carbonyl (C=O) groups is 2. The van der Waals surface area contributed by atoms with Gasteiger partial charge in [-0.15, -0.1) is 0 Å². The van der Waals surface area contributed by atoms with Gasteiger partial charge in [0.05, 0.1) is 6.04 Å². The Morgan fingerprint density at radius 3 is 2.79 bits per heavy atom. The lowest BCUT2D eigenvalue weighted by Gasteiger charge is -2.26. The average molecular weight is 197 g/mol. The predicted octanol–water partition coefficient (Wildman–Crippen LogP) is -1.26. The van der Waals surface area contributed by atoms with Crippen molar-refractivity contribution in [3.63, 3.8) is 0 Å². The molecule has 0 radical (unpaired) electrons. The van der Waals surface area contributed by atoms with E-state index in [-0.39, 0.29) is 23.9 Å². The van der Waals surface area contributed by atoms with Crippen molar-refractivity contribution in [1.82, 2.24) is 16.0 Å². The summed E-state index contributed by atoms with van der Waals surface area (Å²) < 4.78 is 0. The molecule has 2 aliphatic rings. The lowest BCUT2D eigenvalue weighted by Crippen LogP contribution is -2.54. The van der Waals surface area contributed by atoms with Crippen LogP contribution in [0.3, 0.4) is 0 Å². The summed E-state index contributed by atoms with van der Waals surface area (Å²) in [6, 6.07) is 0.124. The maximum Gasteiger partial charge on any atom is 0.237 e. The fourth-order valence-corrected chi connectivity index (χ4v) is 1.69. The van der Waals surface area contributed by atoms with Crippen LogP contribution in [0, 0.1) is 0 Å². The number of rotatable bonds is 3. The summed E-state index contributed by atoms with van der Waals surface area (Å²) in [4.78, 5) is 22.2. The summed E-state index contributed by atoms with van der Waals surface area (Å²) in [6.07, 6.45) is 2.34. The molecule has 2 saturated heterocycles. The quantitative estimate of drug-likeness (QED) is 0.529. The SMILES string of the molecule is O=C1CCC(CNC(=O)[C@H]2CCN2)N1. The molecule has 0 bridgehead atoms. The van der Waals surface area contributed by atoms with E-state index in [9.17, 15) is 9.59 Å². The van der Waals surface area contributed by atoms with Gasteiger partial charge in [0.15, 0.2) is 0 Å². The van der Waals surface area contributed by atoms with Gasteiger partial charge < -0.3 is 16.0 Å². The minimum absolute atomic E-state index is 0.00731. The Bertz CT molecular complexity index is 250. The first-order chi connectivity index (χ1) is 6.75. The average Bonchev–Trinajstić information content (AvgIpc) is 2.45. The summed E-state index contributed by atoms with van der Waals surface area (Å²) in [5.74, 6) is 0.142. The fourth-order valence-electron chi connectivity index (χ4n) is 1.69. The molecule has 2 atom stereocenters.